The first-order chi connectivity index (χ1) is 10.5. The number of hydrogen-bond donors (Lipinski definition) is 1. The third kappa shape index (κ3) is 2.67. The van der Waals surface area contributed by atoms with E-state index in [2.05, 4.69) is 4.98 Å². The largest absolute Gasteiger partial charge is 0.478 e. The van der Waals surface area contributed by atoms with Gasteiger partial charge in [-0.05, 0) is 36.4 Å². The van der Waals surface area contributed by atoms with E-state index in [0.717, 1.165) is 12.2 Å². The van der Waals surface area contributed by atoms with Gasteiger partial charge in [0.1, 0.15) is 17.4 Å². The van der Waals surface area contributed by atoms with Gasteiger partial charge in [-0.15, -0.1) is 0 Å². The van der Waals surface area contributed by atoms with Crippen molar-refractivity contribution in [2.24, 2.45) is 0 Å². The van der Waals surface area contributed by atoms with Crippen molar-refractivity contribution in [2.75, 3.05) is 0 Å². The zero-order valence-electron chi connectivity index (χ0n) is 11.3. The highest BCUT2D eigenvalue weighted by atomic mass is 19.1. The first kappa shape index (κ1) is 14.2. The molecule has 22 heavy (non-hydrogen) atoms. The Kier molecular flexibility index (Phi) is 3.58. The Hall–Kier alpha value is -2.76. The third-order valence-electron chi connectivity index (χ3n) is 3.40. The van der Waals surface area contributed by atoms with Crippen molar-refractivity contribution >= 4 is 5.97 Å². The van der Waals surface area contributed by atoms with Gasteiger partial charge < -0.3 is 9.52 Å². The van der Waals surface area contributed by atoms with Crippen molar-refractivity contribution < 1.29 is 23.1 Å². The number of carboxylic acid groups (broad SMARTS) is 1. The molecule has 1 aliphatic carbocycles. The Morgan fingerprint density at radius 3 is 2.64 bits per heavy atom. The first-order valence-electron chi connectivity index (χ1n) is 6.56. The minimum Gasteiger partial charge on any atom is -0.478 e. The average molecular weight is 303 g/mol. The number of rotatable bonds is 3. The Balaban J connectivity index is 1.86. The van der Waals surface area contributed by atoms with Crippen LogP contribution in [0.25, 0.3) is 11.5 Å². The van der Waals surface area contributed by atoms with Crippen LogP contribution in [-0.4, -0.2) is 16.1 Å². The van der Waals surface area contributed by atoms with E-state index in [-0.39, 0.29) is 23.6 Å². The molecule has 1 heterocycles. The van der Waals surface area contributed by atoms with Gasteiger partial charge in [-0.1, -0.05) is 0 Å². The van der Waals surface area contributed by atoms with Gasteiger partial charge in [-0.3, -0.25) is 0 Å². The summed E-state index contributed by atoms with van der Waals surface area (Å²) < 4.78 is 32.5. The highest BCUT2D eigenvalue weighted by Gasteiger charge is 2.25. The molecule has 1 N–H and O–H groups in total. The zero-order chi connectivity index (χ0) is 15.7. The summed E-state index contributed by atoms with van der Waals surface area (Å²) in [5.41, 5.74) is 0.705. The van der Waals surface area contributed by atoms with Crippen molar-refractivity contribution in [3.05, 3.63) is 65.6 Å². The lowest BCUT2D eigenvalue weighted by atomic mass is 9.96. The van der Waals surface area contributed by atoms with E-state index < -0.39 is 23.5 Å². The molecule has 0 amide bonds. The molecule has 0 radical (unpaired) electrons. The molecule has 112 valence electrons. The molecule has 1 aromatic carbocycles. The molecule has 0 saturated heterocycles. The van der Waals surface area contributed by atoms with Gasteiger partial charge in [0.15, 0.2) is 0 Å². The second-order valence-corrected chi connectivity index (χ2v) is 4.87. The summed E-state index contributed by atoms with van der Waals surface area (Å²) in [5.74, 6) is -2.29. The molecule has 1 unspecified atom stereocenters. The van der Waals surface area contributed by atoms with Gasteiger partial charge in [0, 0.05) is 12.0 Å². The number of halogens is 2. The van der Waals surface area contributed by atoms with E-state index in [0.29, 0.717) is 5.56 Å². The van der Waals surface area contributed by atoms with E-state index in [1.807, 2.05) is 0 Å². The fourth-order valence-corrected chi connectivity index (χ4v) is 2.22. The Labute approximate surface area is 124 Å². The standard InChI is InChI=1S/C16H11F2NO3/c17-11-5-6-13(18)12(7-11)14-8-19-15(22-14)9-1-3-10(4-2-9)16(20)21/h1-6,8,12H,7H2,(H,20,21). The number of carboxylic acids is 1. The number of hydrogen-bond acceptors (Lipinski definition) is 3. The lowest BCUT2D eigenvalue weighted by molar-refractivity contribution is 0.0697. The van der Waals surface area contributed by atoms with Crippen LogP contribution in [0.5, 0.6) is 0 Å². The number of allylic oxidation sites excluding steroid dienone is 4. The van der Waals surface area contributed by atoms with Crippen LogP contribution in [0.15, 0.2) is 58.7 Å². The Morgan fingerprint density at radius 1 is 1.23 bits per heavy atom. The number of carbonyl (C=O) groups is 1. The van der Waals surface area contributed by atoms with Crippen LogP contribution in [-0.2, 0) is 0 Å². The maximum atomic E-state index is 13.8. The van der Waals surface area contributed by atoms with E-state index in [4.69, 9.17) is 9.52 Å². The van der Waals surface area contributed by atoms with Crippen molar-refractivity contribution in [2.45, 2.75) is 12.3 Å². The SMILES string of the molecule is O=C(O)c1ccc(-c2ncc(C3CC(F)=CC=C3F)o2)cc1. The minimum atomic E-state index is -1.03. The van der Waals surface area contributed by atoms with Crippen LogP contribution in [0.2, 0.25) is 0 Å². The van der Waals surface area contributed by atoms with Crippen molar-refractivity contribution in [1.29, 1.82) is 0 Å². The monoisotopic (exact) mass is 303 g/mol. The molecular formula is C16H11F2NO3. The number of benzene rings is 1. The second kappa shape index (κ2) is 5.55. The lowest BCUT2D eigenvalue weighted by Crippen LogP contribution is -2.02. The fraction of sp³-hybridized carbons (Fsp3) is 0.125. The van der Waals surface area contributed by atoms with Crippen LogP contribution in [0, 0.1) is 0 Å². The normalized spacial score (nSPS) is 17.8. The lowest BCUT2D eigenvalue weighted by Gasteiger charge is -2.13. The first-order valence-corrected chi connectivity index (χ1v) is 6.56. The predicted octanol–water partition coefficient (Wildman–Crippen LogP) is 4.23. The van der Waals surface area contributed by atoms with E-state index >= 15 is 0 Å². The van der Waals surface area contributed by atoms with Crippen molar-refractivity contribution in [3.8, 4) is 11.5 Å². The highest BCUT2D eigenvalue weighted by molar-refractivity contribution is 5.88. The molecule has 0 saturated carbocycles. The molecule has 1 aliphatic rings. The summed E-state index contributed by atoms with van der Waals surface area (Å²) in [7, 11) is 0. The highest BCUT2D eigenvalue weighted by Crippen LogP contribution is 2.36. The summed E-state index contributed by atoms with van der Waals surface area (Å²) in [6, 6.07) is 5.94. The van der Waals surface area contributed by atoms with Crippen LogP contribution >= 0.6 is 0 Å². The van der Waals surface area contributed by atoms with E-state index in [1.54, 1.807) is 12.1 Å². The summed E-state index contributed by atoms with van der Waals surface area (Å²) in [6.07, 6.45) is 3.42. The van der Waals surface area contributed by atoms with Crippen LogP contribution < -0.4 is 0 Å². The Bertz CT molecular complexity index is 775. The topological polar surface area (TPSA) is 63.3 Å². The molecule has 1 aromatic heterocycles. The zero-order valence-corrected chi connectivity index (χ0v) is 11.3. The average Bonchev–Trinajstić information content (AvgIpc) is 2.99. The number of oxazole rings is 1. The summed E-state index contributed by atoms with van der Waals surface area (Å²) in [5, 5.41) is 8.85. The van der Waals surface area contributed by atoms with Gasteiger partial charge in [-0.2, -0.15) is 0 Å². The molecule has 0 aliphatic heterocycles. The van der Waals surface area contributed by atoms with Crippen LogP contribution in [0.1, 0.15) is 28.5 Å². The molecule has 1 atom stereocenters. The maximum Gasteiger partial charge on any atom is 0.335 e. The minimum absolute atomic E-state index is 0.102. The number of aromatic carboxylic acids is 1. The molecule has 2 aromatic rings. The maximum absolute atomic E-state index is 13.8. The van der Waals surface area contributed by atoms with E-state index in [1.165, 1.54) is 18.3 Å². The molecule has 3 rings (SSSR count). The van der Waals surface area contributed by atoms with Gasteiger partial charge in [0.05, 0.1) is 17.7 Å². The quantitative estimate of drug-likeness (QED) is 0.921. The summed E-state index contributed by atoms with van der Waals surface area (Å²) in [4.78, 5) is 14.8. The Morgan fingerprint density at radius 2 is 1.95 bits per heavy atom. The van der Waals surface area contributed by atoms with Crippen molar-refractivity contribution in [1.82, 2.24) is 4.98 Å². The predicted molar refractivity (Wildman–Crippen MR) is 74.6 cm³/mol. The number of aromatic nitrogens is 1. The van der Waals surface area contributed by atoms with Crippen molar-refractivity contribution in [3.63, 3.8) is 0 Å². The fourth-order valence-electron chi connectivity index (χ4n) is 2.22. The van der Waals surface area contributed by atoms with Gasteiger partial charge in [0.2, 0.25) is 5.89 Å². The molecule has 0 fully saturated rings. The molecular weight excluding hydrogens is 292 g/mol. The number of nitrogens with zero attached hydrogens (tertiary/aromatic N) is 1. The summed E-state index contributed by atoms with van der Waals surface area (Å²) >= 11 is 0. The van der Waals surface area contributed by atoms with Gasteiger partial charge in [0.25, 0.3) is 0 Å². The second-order valence-electron chi connectivity index (χ2n) is 4.87. The third-order valence-corrected chi connectivity index (χ3v) is 3.40. The van der Waals surface area contributed by atoms with Gasteiger partial charge >= 0.3 is 5.97 Å². The van der Waals surface area contributed by atoms with Crippen LogP contribution in [0.4, 0.5) is 8.78 Å². The molecule has 0 bridgehead atoms. The molecule has 4 nitrogen and oxygen atoms in total. The summed E-state index contributed by atoms with van der Waals surface area (Å²) in [6.45, 7) is 0. The smallest absolute Gasteiger partial charge is 0.335 e. The van der Waals surface area contributed by atoms with Crippen LogP contribution in [0.3, 0.4) is 0 Å². The molecule has 6 heteroatoms. The molecule has 0 spiro atoms. The van der Waals surface area contributed by atoms with E-state index in [9.17, 15) is 13.6 Å². The van der Waals surface area contributed by atoms with Gasteiger partial charge in [-0.25, -0.2) is 18.6 Å².